The Balaban J connectivity index is 1.32. The number of fused-ring (bicyclic) bond motifs is 1. The predicted octanol–water partition coefficient (Wildman–Crippen LogP) is 1.31. The van der Waals surface area contributed by atoms with Crippen LogP contribution in [0.1, 0.15) is 58.8 Å². The second kappa shape index (κ2) is 11.4. The summed E-state index contributed by atoms with van der Waals surface area (Å²) >= 11 is 0. The molecule has 13 nitrogen and oxygen atoms in total. The Morgan fingerprint density at radius 3 is 2.40 bits per heavy atom. The summed E-state index contributed by atoms with van der Waals surface area (Å²) in [7, 11) is -5.84. The van der Waals surface area contributed by atoms with Crippen molar-refractivity contribution in [3.05, 3.63) is 0 Å². The number of rotatable bonds is 13. The molecule has 3 aliphatic heterocycles. The molecule has 7 atom stereocenters. The predicted molar refractivity (Wildman–Crippen MR) is 125 cm³/mol. The molecule has 2 bridgehead atoms. The molecule has 40 heavy (non-hydrogen) atoms. The Labute approximate surface area is 228 Å². The zero-order chi connectivity index (χ0) is 29.5. The van der Waals surface area contributed by atoms with Crippen LogP contribution in [0.5, 0.6) is 0 Å². The number of esters is 4. The number of carbonyl (C=O) groups is 4. The van der Waals surface area contributed by atoms with Crippen molar-refractivity contribution in [2.24, 2.45) is 11.8 Å². The number of unbranched alkanes of at least 4 members (excludes halogenated alkanes) is 1. The monoisotopic (exact) mass is 598 g/mol. The summed E-state index contributed by atoms with van der Waals surface area (Å²) in [6.45, 7) is 0.706. The third kappa shape index (κ3) is 5.81. The molecule has 0 aromatic rings. The average molecular weight is 599 g/mol. The number of hydrogen-bond acceptors (Lipinski definition) is 12. The minimum atomic E-state index is -5.84. The van der Waals surface area contributed by atoms with E-state index in [-0.39, 0.29) is 0 Å². The van der Waals surface area contributed by atoms with Gasteiger partial charge >= 0.3 is 39.2 Å². The molecule has 4 aliphatic rings. The zero-order valence-corrected chi connectivity index (χ0v) is 22.7. The molecule has 0 radical (unpaired) electrons. The molecule has 1 N–H and O–H groups in total. The first-order valence-electron chi connectivity index (χ1n) is 13.1. The molecular weight excluding hydrogens is 566 g/mol. The van der Waals surface area contributed by atoms with Gasteiger partial charge in [0.25, 0.3) is 0 Å². The summed E-state index contributed by atoms with van der Waals surface area (Å²) < 4.78 is 88.6. The Kier molecular flexibility index (Phi) is 8.74. The Hall–Kier alpha value is -2.43. The third-order valence-corrected chi connectivity index (χ3v) is 8.85. The fourth-order valence-electron chi connectivity index (χ4n) is 5.86. The van der Waals surface area contributed by atoms with Crippen LogP contribution in [0.2, 0.25) is 0 Å². The van der Waals surface area contributed by atoms with Gasteiger partial charge < -0.3 is 28.4 Å². The van der Waals surface area contributed by atoms with E-state index in [4.69, 9.17) is 28.2 Å². The van der Waals surface area contributed by atoms with Crippen molar-refractivity contribution in [2.75, 3.05) is 13.2 Å². The average Bonchev–Trinajstić information content (AvgIpc) is 3.60. The van der Waals surface area contributed by atoms with E-state index >= 15 is 0 Å². The molecule has 7 unspecified atom stereocenters. The molecule has 0 spiro atoms. The van der Waals surface area contributed by atoms with Crippen LogP contribution in [0.15, 0.2) is 0 Å². The van der Waals surface area contributed by atoms with Crippen molar-refractivity contribution in [3.63, 3.8) is 0 Å². The van der Waals surface area contributed by atoms with Crippen molar-refractivity contribution in [3.8, 4) is 0 Å². The van der Waals surface area contributed by atoms with Gasteiger partial charge in [-0.05, 0) is 45.4 Å². The summed E-state index contributed by atoms with van der Waals surface area (Å²) in [5.74, 6) is -5.64. The summed E-state index contributed by atoms with van der Waals surface area (Å²) in [4.78, 5) is 50.0. The Morgan fingerprint density at radius 1 is 1.12 bits per heavy atom. The van der Waals surface area contributed by atoms with Gasteiger partial charge in [-0.25, -0.2) is 9.59 Å². The molecule has 16 heteroatoms. The highest BCUT2D eigenvalue weighted by molar-refractivity contribution is 7.86. The fraction of sp³-hybridized carbons (Fsp3) is 0.833. The van der Waals surface area contributed by atoms with Gasteiger partial charge in [0.15, 0.2) is 18.3 Å². The van der Waals surface area contributed by atoms with Crippen LogP contribution in [0.3, 0.4) is 0 Å². The van der Waals surface area contributed by atoms with Gasteiger partial charge in [0, 0.05) is 0 Å². The summed E-state index contributed by atoms with van der Waals surface area (Å²) in [5, 5.41) is -4.76. The fourth-order valence-corrected chi connectivity index (χ4v) is 6.32. The first-order valence-corrected chi connectivity index (χ1v) is 14.5. The number of halogens is 2. The minimum absolute atomic E-state index is 0.547. The van der Waals surface area contributed by atoms with E-state index in [1.165, 1.54) is 0 Å². The summed E-state index contributed by atoms with van der Waals surface area (Å²) in [6, 6.07) is 0. The van der Waals surface area contributed by atoms with Crippen LogP contribution in [-0.2, 0) is 57.7 Å². The maximum atomic E-state index is 13.5. The Morgan fingerprint density at radius 2 is 1.77 bits per heavy atom. The van der Waals surface area contributed by atoms with E-state index in [9.17, 15) is 36.4 Å². The molecule has 3 heterocycles. The topological polar surface area (TPSA) is 178 Å². The lowest BCUT2D eigenvalue weighted by Gasteiger charge is -2.33. The lowest BCUT2D eigenvalue weighted by molar-refractivity contribution is -0.176. The maximum absolute atomic E-state index is 13.5. The highest BCUT2D eigenvalue weighted by Gasteiger charge is 2.72. The van der Waals surface area contributed by atoms with Crippen molar-refractivity contribution >= 4 is 34.0 Å². The van der Waals surface area contributed by atoms with Crippen molar-refractivity contribution < 1.29 is 69.4 Å². The van der Waals surface area contributed by atoms with Gasteiger partial charge in [0.2, 0.25) is 0 Å². The minimum Gasteiger partial charge on any atom is -0.459 e. The smallest absolute Gasteiger partial charge is 0.405 e. The lowest BCUT2D eigenvalue weighted by atomic mass is 9.78. The van der Waals surface area contributed by atoms with E-state index in [2.05, 4.69) is 4.74 Å². The van der Waals surface area contributed by atoms with E-state index in [0.29, 0.717) is 13.3 Å². The van der Waals surface area contributed by atoms with Gasteiger partial charge in [-0.3, -0.25) is 14.1 Å². The molecule has 1 aliphatic carbocycles. The van der Waals surface area contributed by atoms with Crippen LogP contribution < -0.4 is 0 Å². The van der Waals surface area contributed by atoms with Gasteiger partial charge in [-0.15, -0.1) is 0 Å². The second-order valence-electron chi connectivity index (χ2n) is 10.5. The van der Waals surface area contributed by atoms with Crippen LogP contribution >= 0.6 is 0 Å². The number of ether oxygens (including phenoxy) is 6. The number of hydrogen-bond donors (Lipinski definition) is 1. The second-order valence-corrected chi connectivity index (χ2v) is 12.0. The van der Waals surface area contributed by atoms with Crippen LogP contribution in [-0.4, -0.2) is 91.4 Å². The van der Waals surface area contributed by atoms with Crippen LogP contribution in [0.25, 0.3) is 0 Å². The summed E-state index contributed by atoms with van der Waals surface area (Å²) in [5.41, 5.74) is -0.603. The van der Waals surface area contributed by atoms with Crippen molar-refractivity contribution in [1.82, 2.24) is 0 Å². The SMILES string of the molecule is CCCCC1(OC(=O)C2C3OC4C(OC(=O)C42)C3OC(=O)COCC(=O)OC(C)C(F)(F)S(=O)(=O)O)CCCC1. The molecule has 1 saturated carbocycles. The van der Waals surface area contributed by atoms with Crippen molar-refractivity contribution in [1.29, 1.82) is 0 Å². The van der Waals surface area contributed by atoms with E-state index < -0.39 is 100 Å². The molecule has 0 aromatic carbocycles. The van der Waals surface area contributed by atoms with E-state index in [1.54, 1.807) is 0 Å². The van der Waals surface area contributed by atoms with Gasteiger partial charge in [0.05, 0.1) is 0 Å². The molecule has 4 rings (SSSR count). The quantitative estimate of drug-likeness (QED) is 0.182. The maximum Gasteiger partial charge on any atom is 0.405 e. The highest BCUT2D eigenvalue weighted by Crippen LogP contribution is 2.52. The normalized spacial score (nSPS) is 31.1. The van der Waals surface area contributed by atoms with Gasteiger partial charge in [-0.1, -0.05) is 13.3 Å². The van der Waals surface area contributed by atoms with E-state index in [0.717, 1.165) is 38.5 Å². The van der Waals surface area contributed by atoms with Gasteiger partial charge in [-0.2, -0.15) is 17.2 Å². The molecule has 0 aromatic heterocycles. The number of carbonyl (C=O) groups excluding carboxylic acids is 4. The van der Waals surface area contributed by atoms with Gasteiger partial charge in [0.1, 0.15) is 42.9 Å². The van der Waals surface area contributed by atoms with E-state index in [1.807, 2.05) is 6.92 Å². The first-order chi connectivity index (χ1) is 18.7. The first kappa shape index (κ1) is 30.5. The molecular formula is C24H32F2O13S. The van der Waals surface area contributed by atoms with Crippen LogP contribution in [0, 0.1) is 11.8 Å². The molecule has 0 amide bonds. The summed E-state index contributed by atoms with van der Waals surface area (Å²) in [6.07, 6.45) is -0.605. The zero-order valence-electron chi connectivity index (χ0n) is 21.9. The molecule has 226 valence electrons. The number of alkyl halides is 2. The lowest BCUT2D eigenvalue weighted by Crippen LogP contribution is -2.49. The molecule has 4 fully saturated rings. The largest absolute Gasteiger partial charge is 0.459 e. The Bertz CT molecular complexity index is 1120. The third-order valence-electron chi connectivity index (χ3n) is 7.83. The highest BCUT2D eigenvalue weighted by atomic mass is 32.2. The standard InChI is InChI=1S/C24H32F2O13S/c1-3-4-7-23(8-5-6-9-23)39-22(30)16-15-17-20(38-21(15)29)19(18(16)37-17)36-14(28)11-34-10-13(27)35-12(2)24(25,26)40(31,32)33/h12,15-20H,3-11H2,1-2H3,(H,31,32,33). The molecule has 3 saturated heterocycles. The van der Waals surface area contributed by atoms with Crippen molar-refractivity contribution in [2.45, 2.75) is 100 Å². The van der Waals surface area contributed by atoms with Crippen LogP contribution in [0.4, 0.5) is 8.78 Å².